The van der Waals surface area contributed by atoms with Crippen molar-refractivity contribution in [1.82, 2.24) is 5.32 Å². The Bertz CT molecular complexity index is 911. The molecule has 6 heteroatoms. The molecule has 1 N–H and O–H groups in total. The highest BCUT2D eigenvalue weighted by Crippen LogP contribution is 2.26. The number of amides is 1. The molecule has 1 aromatic heterocycles. The predicted molar refractivity (Wildman–Crippen MR) is 101 cm³/mol. The number of nitrogens with one attached hydrogen (secondary N) is 1. The van der Waals surface area contributed by atoms with Crippen molar-refractivity contribution >= 4 is 17.5 Å². The third kappa shape index (κ3) is 4.89. The molecule has 140 valence electrons. The highest BCUT2D eigenvalue weighted by atomic mass is 35.5. The molecule has 3 aromatic rings. The van der Waals surface area contributed by atoms with Crippen molar-refractivity contribution in [3.05, 3.63) is 88.6 Å². The molecule has 0 aliphatic carbocycles. The molecule has 0 aliphatic rings. The van der Waals surface area contributed by atoms with Crippen molar-refractivity contribution in [2.45, 2.75) is 26.0 Å². The van der Waals surface area contributed by atoms with Crippen LogP contribution >= 0.6 is 11.6 Å². The highest BCUT2D eigenvalue weighted by molar-refractivity contribution is 6.32. The largest absolute Gasteiger partial charge is 0.484 e. The zero-order chi connectivity index (χ0) is 19.2. The Hall–Kier alpha value is -2.79. The fraction of sp³-hybridized carbons (Fsp3) is 0.190. The second kappa shape index (κ2) is 8.73. The van der Waals surface area contributed by atoms with Crippen molar-refractivity contribution in [2.24, 2.45) is 0 Å². The summed E-state index contributed by atoms with van der Waals surface area (Å²) in [7, 11) is 0. The summed E-state index contributed by atoms with van der Waals surface area (Å²) in [5.41, 5.74) is 1.04. The maximum absolute atomic E-state index is 13.1. The third-order valence-corrected chi connectivity index (χ3v) is 4.36. The molecule has 2 aromatic carbocycles. The van der Waals surface area contributed by atoms with Gasteiger partial charge in [-0.25, -0.2) is 4.39 Å². The van der Waals surface area contributed by atoms with Gasteiger partial charge in [0.15, 0.2) is 5.76 Å². The van der Waals surface area contributed by atoms with E-state index in [1.54, 1.807) is 12.1 Å². The van der Waals surface area contributed by atoms with E-state index in [2.05, 4.69) is 5.32 Å². The quantitative estimate of drug-likeness (QED) is 0.579. The number of carbonyl (C=O) groups excluding carboxylic acids is 1. The van der Waals surface area contributed by atoms with Crippen LogP contribution in [-0.2, 0) is 6.61 Å². The maximum Gasteiger partial charge on any atom is 0.287 e. The standard InChI is InChI=1S/C21H19ClFNO3/c1-2-18(14-6-4-3-5-7-14)24-21(25)20-11-9-16(27-20)13-26-19-10-8-15(23)12-17(19)22/h3-12,18H,2,13H2,1H3,(H,24,25). The van der Waals surface area contributed by atoms with E-state index in [1.807, 2.05) is 37.3 Å². The second-order valence-electron chi connectivity index (χ2n) is 5.97. The zero-order valence-corrected chi connectivity index (χ0v) is 15.5. The number of ether oxygens (including phenoxy) is 1. The molecule has 4 nitrogen and oxygen atoms in total. The summed E-state index contributed by atoms with van der Waals surface area (Å²) in [6, 6.07) is 16.8. The Morgan fingerprint density at radius 2 is 1.96 bits per heavy atom. The lowest BCUT2D eigenvalue weighted by molar-refractivity contribution is 0.0903. The molecular formula is C21H19ClFNO3. The molecule has 0 fully saturated rings. The summed E-state index contributed by atoms with van der Waals surface area (Å²) in [4.78, 5) is 12.5. The van der Waals surface area contributed by atoms with Crippen LogP contribution in [0.15, 0.2) is 65.1 Å². The number of hydrogen-bond donors (Lipinski definition) is 1. The van der Waals surface area contributed by atoms with Gasteiger partial charge in [-0.15, -0.1) is 0 Å². The van der Waals surface area contributed by atoms with Gasteiger partial charge in [-0.05, 0) is 42.3 Å². The number of rotatable bonds is 7. The first-order valence-corrected chi connectivity index (χ1v) is 8.97. The SMILES string of the molecule is CCC(NC(=O)c1ccc(COc2ccc(F)cc2Cl)o1)c1ccccc1. The monoisotopic (exact) mass is 387 g/mol. The van der Waals surface area contributed by atoms with Gasteiger partial charge in [0.05, 0.1) is 11.1 Å². The van der Waals surface area contributed by atoms with Gasteiger partial charge >= 0.3 is 0 Å². The Kier molecular flexibility index (Phi) is 6.14. The van der Waals surface area contributed by atoms with Crippen LogP contribution in [-0.4, -0.2) is 5.91 Å². The first-order chi connectivity index (χ1) is 13.1. The minimum Gasteiger partial charge on any atom is -0.484 e. The van der Waals surface area contributed by atoms with E-state index in [4.69, 9.17) is 20.8 Å². The second-order valence-corrected chi connectivity index (χ2v) is 6.38. The van der Waals surface area contributed by atoms with Crippen molar-refractivity contribution in [3.63, 3.8) is 0 Å². The van der Waals surface area contributed by atoms with Crippen molar-refractivity contribution in [1.29, 1.82) is 0 Å². The van der Waals surface area contributed by atoms with Crippen LogP contribution in [0.1, 0.15) is 41.3 Å². The van der Waals surface area contributed by atoms with Crippen LogP contribution in [0.25, 0.3) is 0 Å². The minimum atomic E-state index is -0.437. The molecule has 1 atom stereocenters. The molecule has 3 rings (SSSR count). The van der Waals surface area contributed by atoms with Gasteiger partial charge in [-0.1, -0.05) is 48.9 Å². The lowest BCUT2D eigenvalue weighted by atomic mass is 10.0. The van der Waals surface area contributed by atoms with E-state index in [0.29, 0.717) is 11.5 Å². The summed E-state index contributed by atoms with van der Waals surface area (Å²) >= 11 is 5.92. The average Bonchev–Trinajstić information content (AvgIpc) is 3.15. The van der Waals surface area contributed by atoms with Gasteiger partial charge in [0.25, 0.3) is 5.91 Å². The fourth-order valence-corrected chi connectivity index (χ4v) is 2.88. The van der Waals surface area contributed by atoms with Crippen molar-refractivity contribution in [2.75, 3.05) is 0 Å². The van der Waals surface area contributed by atoms with Gasteiger partial charge in [-0.3, -0.25) is 4.79 Å². The van der Waals surface area contributed by atoms with Gasteiger partial charge < -0.3 is 14.5 Å². The van der Waals surface area contributed by atoms with E-state index in [-0.39, 0.29) is 29.3 Å². The van der Waals surface area contributed by atoms with Gasteiger partial charge in [0.1, 0.15) is 23.9 Å². The van der Waals surface area contributed by atoms with Crippen molar-refractivity contribution < 1.29 is 18.3 Å². The number of carbonyl (C=O) groups is 1. The molecule has 27 heavy (non-hydrogen) atoms. The zero-order valence-electron chi connectivity index (χ0n) is 14.7. The van der Waals surface area contributed by atoms with E-state index in [0.717, 1.165) is 12.0 Å². The van der Waals surface area contributed by atoms with Crippen molar-refractivity contribution in [3.8, 4) is 5.75 Å². The van der Waals surface area contributed by atoms with E-state index in [1.165, 1.54) is 18.2 Å². The normalized spacial score (nSPS) is 11.8. The molecule has 0 radical (unpaired) electrons. The topological polar surface area (TPSA) is 51.5 Å². The Balaban J connectivity index is 1.61. The highest BCUT2D eigenvalue weighted by Gasteiger charge is 2.17. The lowest BCUT2D eigenvalue weighted by Gasteiger charge is -2.16. The van der Waals surface area contributed by atoms with Crippen LogP contribution in [0.4, 0.5) is 4.39 Å². The summed E-state index contributed by atoms with van der Waals surface area (Å²) in [5, 5.41) is 3.14. The Labute approximate surface area is 161 Å². The molecule has 1 unspecified atom stereocenters. The Morgan fingerprint density at radius 3 is 2.67 bits per heavy atom. The first kappa shape index (κ1) is 19.0. The number of benzene rings is 2. The predicted octanol–water partition coefficient (Wildman–Crippen LogP) is 5.53. The number of hydrogen-bond acceptors (Lipinski definition) is 3. The molecule has 0 saturated carbocycles. The molecule has 0 bridgehead atoms. The molecule has 0 saturated heterocycles. The average molecular weight is 388 g/mol. The lowest BCUT2D eigenvalue weighted by Crippen LogP contribution is -2.27. The smallest absolute Gasteiger partial charge is 0.287 e. The maximum atomic E-state index is 13.1. The van der Waals surface area contributed by atoms with E-state index < -0.39 is 5.82 Å². The summed E-state index contributed by atoms with van der Waals surface area (Å²) in [6.07, 6.45) is 0.759. The summed E-state index contributed by atoms with van der Waals surface area (Å²) < 4.78 is 24.1. The van der Waals surface area contributed by atoms with Crippen LogP contribution in [0.5, 0.6) is 5.75 Å². The Morgan fingerprint density at radius 1 is 1.19 bits per heavy atom. The minimum absolute atomic E-state index is 0.0779. The van der Waals surface area contributed by atoms with Crippen LogP contribution < -0.4 is 10.1 Å². The van der Waals surface area contributed by atoms with Crippen LogP contribution in [0.2, 0.25) is 5.02 Å². The van der Waals surface area contributed by atoms with E-state index in [9.17, 15) is 9.18 Å². The first-order valence-electron chi connectivity index (χ1n) is 8.59. The van der Waals surface area contributed by atoms with Crippen LogP contribution in [0.3, 0.4) is 0 Å². The summed E-state index contributed by atoms with van der Waals surface area (Å²) in [6.45, 7) is 2.08. The summed E-state index contributed by atoms with van der Waals surface area (Å²) in [5.74, 6) is 0.280. The fourth-order valence-electron chi connectivity index (χ4n) is 2.65. The molecule has 1 amide bonds. The van der Waals surface area contributed by atoms with E-state index >= 15 is 0 Å². The molecular weight excluding hydrogens is 369 g/mol. The van der Waals surface area contributed by atoms with Gasteiger partial charge in [0.2, 0.25) is 0 Å². The van der Waals surface area contributed by atoms with Crippen LogP contribution in [0, 0.1) is 5.82 Å². The third-order valence-electron chi connectivity index (χ3n) is 4.06. The molecule has 0 spiro atoms. The number of furan rings is 1. The van der Waals surface area contributed by atoms with Gasteiger partial charge in [0, 0.05) is 0 Å². The molecule has 0 aliphatic heterocycles. The number of halogens is 2. The van der Waals surface area contributed by atoms with Gasteiger partial charge in [-0.2, -0.15) is 0 Å². The molecule has 1 heterocycles.